The van der Waals surface area contributed by atoms with Crippen LogP contribution in [0.25, 0.3) is 5.57 Å². The molecule has 0 heterocycles. The van der Waals surface area contributed by atoms with Gasteiger partial charge >= 0.3 is 0 Å². The summed E-state index contributed by atoms with van der Waals surface area (Å²) in [6.45, 7) is 26.4. The largest absolute Gasteiger partial charge is 0.120 e. The summed E-state index contributed by atoms with van der Waals surface area (Å²) in [6.07, 6.45) is 16.5. The Morgan fingerprint density at radius 2 is 1.49 bits per heavy atom. The molecule has 0 spiro atoms. The molecule has 0 saturated carbocycles. The summed E-state index contributed by atoms with van der Waals surface area (Å²) in [4.78, 5) is 0. The normalized spacial score (nSPS) is 14.8. The maximum Gasteiger partial charge on any atom is 0.0180 e. The summed E-state index contributed by atoms with van der Waals surface area (Å²) in [6, 6.07) is 26.5. The molecule has 4 rings (SSSR count). The van der Waals surface area contributed by atoms with E-state index >= 15 is 0 Å². The van der Waals surface area contributed by atoms with E-state index in [1.807, 2.05) is 6.92 Å². The van der Waals surface area contributed by atoms with Crippen LogP contribution in [0.5, 0.6) is 0 Å². The second-order valence-corrected chi connectivity index (χ2v) is 15.1. The molecule has 3 aromatic carbocycles. The highest BCUT2D eigenvalue weighted by Crippen LogP contribution is 2.41. The first-order chi connectivity index (χ1) is 21.0. The predicted molar refractivity (Wildman–Crippen MR) is 200 cm³/mol. The van der Waals surface area contributed by atoms with E-state index in [1.165, 1.54) is 50.1 Å². The zero-order valence-electron chi connectivity index (χ0n) is 29.8. The van der Waals surface area contributed by atoms with Crippen molar-refractivity contribution in [3.8, 4) is 12.3 Å². The van der Waals surface area contributed by atoms with Gasteiger partial charge in [0.2, 0.25) is 0 Å². The van der Waals surface area contributed by atoms with Crippen LogP contribution >= 0.6 is 0 Å². The first-order valence-corrected chi connectivity index (χ1v) is 16.5. The minimum Gasteiger partial charge on any atom is -0.120 e. The van der Waals surface area contributed by atoms with Crippen LogP contribution in [0.2, 0.25) is 0 Å². The fourth-order valence-electron chi connectivity index (χ4n) is 5.95. The molecule has 0 bridgehead atoms. The predicted octanol–water partition coefficient (Wildman–Crippen LogP) is 12.3. The third-order valence-electron chi connectivity index (χ3n) is 9.05. The standard InChI is InChI=1S/C32H38.C13H18/c1-8-9-15-27-22-30(17-16-25(27)3)32(7,23-26-13-11-10-12-14-26)29-19-18-28(31(4,5)6)20-24(2)21-29;1-10(2)11-7-6-8-12(9-11)13(3,4)5/h1,10-14,16-18,20-22H,9,15,19,23H2,2-7H3;6-9H,1H2,2-5H3/t32-;/m1./s1. The quantitative estimate of drug-likeness (QED) is 0.238. The van der Waals surface area contributed by atoms with Gasteiger partial charge in [-0.15, -0.1) is 12.3 Å². The number of terminal acetylenes is 1. The summed E-state index contributed by atoms with van der Waals surface area (Å²) in [5.74, 6) is 2.81. The molecule has 0 amide bonds. The number of hydrogen-bond donors (Lipinski definition) is 0. The van der Waals surface area contributed by atoms with Gasteiger partial charge in [-0.25, -0.2) is 0 Å². The maximum atomic E-state index is 5.58. The first-order valence-electron chi connectivity index (χ1n) is 16.5. The van der Waals surface area contributed by atoms with E-state index in [0.29, 0.717) is 0 Å². The second kappa shape index (κ2) is 15.0. The highest BCUT2D eigenvalue weighted by molar-refractivity contribution is 5.62. The summed E-state index contributed by atoms with van der Waals surface area (Å²) < 4.78 is 0. The van der Waals surface area contributed by atoms with Crippen molar-refractivity contribution in [1.29, 1.82) is 0 Å². The fourth-order valence-corrected chi connectivity index (χ4v) is 5.95. The molecule has 0 aromatic heterocycles. The van der Waals surface area contributed by atoms with Crippen LogP contribution in [0.3, 0.4) is 0 Å². The van der Waals surface area contributed by atoms with Crippen LogP contribution < -0.4 is 0 Å². The van der Waals surface area contributed by atoms with Gasteiger partial charge in [0.1, 0.15) is 0 Å². The lowest BCUT2D eigenvalue weighted by Crippen LogP contribution is -2.28. The van der Waals surface area contributed by atoms with E-state index in [1.54, 1.807) is 0 Å². The maximum absolute atomic E-state index is 5.58. The zero-order valence-corrected chi connectivity index (χ0v) is 29.8. The Morgan fingerprint density at radius 1 is 0.800 bits per heavy atom. The summed E-state index contributed by atoms with van der Waals surface area (Å²) >= 11 is 0. The van der Waals surface area contributed by atoms with Crippen molar-refractivity contribution >= 4 is 5.57 Å². The molecule has 0 radical (unpaired) electrons. The van der Waals surface area contributed by atoms with E-state index in [2.05, 4.69) is 166 Å². The van der Waals surface area contributed by atoms with Gasteiger partial charge in [0.25, 0.3) is 0 Å². The number of aryl methyl sites for hydroxylation is 2. The molecular weight excluding hydrogens is 540 g/mol. The number of rotatable bonds is 7. The van der Waals surface area contributed by atoms with Gasteiger partial charge in [-0.1, -0.05) is 163 Å². The third-order valence-corrected chi connectivity index (χ3v) is 9.05. The molecule has 1 aliphatic rings. The Balaban J connectivity index is 0.000000355. The molecule has 45 heavy (non-hydrogen) atoms. The smallest absolute Gasteiger partial charge is 0.0180 e. The van der Waals surface area contributed by atoms with Crippen molar-refractivity contribution in [1.82, 2.24) is 0 Å². The summed E-state index contributed by atoms with van der Waals surface area (Å²) in [7, 11) is 0. The molecule has 0 nitrogen and oxygen atoms in total. The molecule has 0 unspecified atom stereocenters. The molecule has 3 aromatic rings. The lowest BCUT2D eigenvalue weighted by atomic mass is 9.69. The lowest BCUT2D eigenvalue weighted by Gasteiger charge is -2.34. The van der Waals surface area contributed by atoms with Gasteiger partial charge in [0.15, 0.2) is 0 Å². The molecule has 236 valence electrons. The van der Waals surface area contributed by atoms with Crippen molar-refractivity contribution < 1.29 is 0 Å². The zero-order chi connectivity index (χ0) is 33.4. The van der Waals surface area contributed by atoms with Gasteiger partial charge in [0, 0.05) is 11.8 Å². The topological polar surface area (TPSA) is 0 Å². The van der Waals surface area contributed by atoms with E-state index in [9.17, 15) is 0 Å². The number of benzene rings is 3. The van der Waals surface area contributed by atoms with Crippen molar-refractivity contribution in [3.63, 3.8) is 0 Å². The van der Waals surface area contributed by atoms with Gasteiger partial charge in [0.05, 0.1) is 0 Å². The highest BCUT2D eigenvalue weighted by atomic mass is 14.4. The van der Waals surface area contributed by atoms with Crippen LogP contribution in [0.15, 0.2) is 114 Å². The van der Waals surface area contributed by atoms with Gasteiger partial charge in [-0.2, -0.15) is 0 Å². The molecule has 1 aliphatic carbocycles. The molecule has 0 saturated heterocycles. The molecule has 0 aliphatic heterocycles. The fraction of sp³-hybridized carbons (Fsp3) is 0.378. The third kappa shape index (κ3) is 9.83. The Bertz CT molecular complexity index is 1600. The van der Waals surface area contributed by atoms with Crippen LogP contribution in [-0.4, -0.2) is 0 Å². The van der Waals surface area contributed by atoms with E-state index in [-0.39, 0.29) is 16.2 Å². The highest BCUT2D eigenvalue weighted by Gasteiger charge is 2.32. The van der Waals surface area contributed by atoms with Crippen LogP contribution in [0.1, 0.15) is 109 Å². The SMILES string of the molecule is C#CCCc1cc([C@](C)(Cc2ccccc2)C2=CC(C)=CC(C(C)(C)C)=CC2)ccc1C.C=C(C)c1cccc(C(C)(C)C)c1. The van der Waals surface area contributed by atoms with E-state index in [0.717, 1.165) is 31.3 Å². The van der Waals surface area contributed by atoms with Gasteiger partial charge in [-0.05, 0) is 89.8 Å². The van der Waals surface area contributed by atoms with Crippen molar-refractivity contribution in [3.05, 3.63) is 148 Å². The molecular formula is C45H56. The Labute approximate surface area is 276 Å². The minimum atomic E-state index is -0.0983. The molecule has 0 fully saturated rings. The van der Waals surface area contributed by atoms with Crippen LogP contribution in [0.4, 0.5) is 0 Å². The minimum absolute atomic E-state index is 0.0983. The number of hydrogen-bond acceptors (Lipinski definition) is 0. The molecule has 0 N–H and O–H groups in total. The summed E-state index contributed by atoms with van der Waals surface area (Å²) in [5.41, 5.74) is 13.7. The van der Waals surface area contributed by atoms with E-state index in [4.69, 9.17) is 6.42 Å². The van der Waals surface area contributed by atoms with Crippen molar-refractivity contribution in [2.75, 3.05) is 0 Å². The number of allylic oxidation sites excluding steroid dienone is 7. The molecule has 0 heteroatoms. The monoisotopic (exact) mass is 596 g/mol. The lowest BCUT2D eigenvalue weighted by molar-refractivity contribution is 0.512. The van der Waals surface area contributed by atoms with E-state index < -0.39 is 0 Å². The Kier molecular flexibility index (Phi) is 11.9. The van der Waals surface area contributed by atoms with Crippen LogP contribution in [0, 0.1) is 24.7 Å². The summed E-state index contributed by atoms with van der Waals surface area (Å²) in [5, 5.41) is 0. The van der Waals surface area contributed by atoms with Crippen molar-refractivity contribution in [2.45, 2.75) is 106 Å². The van der Waals surface area contributed by atoms with Gasteiger partial charge in [-0.3, -0.25) is 0 Å². The average molecular weight is 597 g/mol. The average Bonchev–Trinajstić information content (AvgIpc) is 3.19. The Morgan fingerprint density at radius 3 is 2.09 bits per heavy atom. The first kappa shape index (κ1) is 35.7. The van der Waals surface area contributed by atoms with Crippen LogP contribution in [-0.2, 0) is 23.7 Å². The van der Waals surface area contributed by atoms with Gasteiger partial charge < -0.3 is 0 Å². The second-order valence-electron chi connectivity index (χ2n) is 15.1. The molecule has 1 atom stereocenters. The van der Waals surface area contributed by atoms with Crippen molar-refractivity contribution in [2.24, 2.45) is 5.41 Å². The Hall–Kier alpha value is -3.82.